The average Bonchev–Trinajstić information content (AvgIpc) is 2.72. The van der Waals surface area contributed by atoms with Gasteiger partial charge in [-0.1, -0.05) is 69.3 Å². The van der Waals surface area contributed by atoms with E-state index in [1.54, 1.807) is 10.6 Å². The van der Waals surface area contributed by atoms with E-state index >= 15 is 0 Å². The lowest BCUT2D eigenvalue weighted by Gasteiger charge is -2.15. The molecule has 0 aliphatic carbocycles. The molecule has 0 radical (unpaired) electrons. The van der Waals surface area contributed by atoms with Crippen molar-refractivity contribution in [2.45, 2.75) is 51.2 Å². The van der Waals surface area contributed by atoms with E-state index in [-0.39, 0.29) is 17.2 Å². The molecule has 29 heavy (non-hydrogen) atoms. The van der Waals surface area contributed by atoms with Gasteiger partial charge < -0.3 is 5.32 Å². The highest BCUT2D eigenvalue weighted by molar-refractivity contribution is 7.99. The molecule has 0 unspecified atom stereocenters. The molecule has 3 aromatic rings. The van der Waals surface area contributed by atoms with Gasteiger partial charge in [0.15, 0.2) is 5.16 Å². The molecule has 0 bridgehead atoms. The molecule has 0 atom stereocenters. The van der Waals surface area contributed by atoms with E-state index < -0.39 is 0 Å². The molecule has 0 fully saturated rings. The van der Waals surface area contributed by atoms with Gasteiger partial charge in [0, 0.05) is 12.2 Å². The van der Waals surface area contributed by atoms with Crippen molar-refractivity contribution in [3.05, 3.63) is 64.4 Å². The minimum absolute atomic E-state index is 0.0443. The molecular weight excluding hydrogens is 382 g/mol. The number of unbranched alkanes of at least 4 members (excludes halogenated alkanes) is 1. The zero-order chi connectivity index (χ0) is 20.8. The minimum Gasteiger partial charge on any atom is -0.325 e. The minimum atomic E-state index is -0.104. The molecule has 1 aromatic heterocycles. The number of fused-ring (bicyclic) bond motifs is 1. The van der Waals surface area contributed by atoms with Crippen molar-refractivity contribution in [2.75, 3.05) is 11.1 Å². The Kier molecular flexibility index (Phi) is 7.09. The van der Waals surface area contributed by atoms with Crippen LogP contribution in [-0.2, 0) is 11.3 Å². The van der Waals surface area contributed by atoms with E-state index in [0.717, 1.165) is 24.1 Å². The first-order valence-electron chi connectivity index (χ1n) is 10.0. The summed E-state index contributed by atoms with van der Waals surface area (Å²) in [6, 6.07) is 15.2. The highest BCUT2D eigenvalue weighted by Gasteiger charge is 2.14. The summed E-state index contributed by atoms with van der Waals surface area (Å²) in [5, 5.41) is 4.21. The molecule has 1 heterocycles. The molecule has 3 rings (SSSR count). The zero-order valence-corrected chi connectivity index (χ0v) is 18.0. The molecule has 0 saturated heterocycles. The molecule has 0 aliphatic rings. The third kappa shape index (κ3) is 5.07. The number of thioether (sulfide) groups is 1. The third-order valence-corrected chi connectivity index (χ3v) is 5.73. The van der Waals surface area contributed by atoms with Crippen LogP contribution in [0.2, 0.25) is 0 Å². The van der Waals surface area contributed by atoms with Crippen LogP contribution in [0.4, 0.5) is 5.69 Å². The second-order valence-electron chi connectivity index (χ2n) is 7.30. The second kappa shape index (κ2) is 9.74. The Morgan fingerprint density at radius 3 is 2.62 bits per heavy atom. The van der Waals surface area contributed by atoms with Gasteiger partial charge in [-0.2, -0.15) is 0 Å². The fourth-order valence-electron chi connectivity index (χ4n) is 3.20. The van der Waals surface area contributed by atoms with E-state index in [2.05, 4.69) is 31.1 Å². The van der Waals surface area contributed by atoms with E-state index in [0.29, 0.717) is 28.5 Å². The van der Waals surface area contributed by atoms with Crippen molar-refractivity contribution >= 4 is 34.3 Å². The molecule has 6 heteroatoms. The Bertz CT molecular complexity index is 1060. The van der Waals surface area contributed by atoms with Crippen LogP contribution in [0.1, 0.15) is 45.1 Å². The summed E-state index contributed by atoms with van der Waals surface area (Å²) in [5.74, 6) is 0.414. The molecule has 0 spiro atoms. The lowest BCUT2D eigenvalue weighted by Crippen LogP contribution is -2.24. The van der Waals surface area contributed by atoms with Gasteiger partial charge in [0.2, 0.25) is 5.91 Å². The van der Waals surface area contributed by atoms with Crippen molar-refractivity contribution in [2.24, 2.45) is 0 Å². The SMILES string of the molecule is CCCCn1c(SCC(=O)Nc2ccccc2C(C)C)nc2ccccc2c1=O. The molecular formula is C23H27N3O2S. The van der Waals surface area contributed by atoms with Crippen molar-refractivity contribution in [3.8, 4) is 0 Å². The number of hydrogen-bond acceptors (Lipinski definition) is 4. The number of carbonyl (C=O) groups is 1. The number of rotatable bonds is 8. The maximum atomic E-state index is 12.9. The number of aromatic nitrogens is 2. The van der Waals surface area contributed by atoms with Gasteiger partial charge in [-0.05, 0) is 36.1 Å². The van der Waals surface area contributed by atoms with Gasteiger partial charge in [-0.3, -0.25) is 14.2 Å². The smallest absolute Gasteiger partial charge is 0.262 e. The summed E-state index contributed by atoms with van der Waals surface area (Å²) >= 11 is 1.31. The summed E-state index contributed by atoms with van der Waals surface area (Å²) in [5.41, 5.74) is 2.56. The van der Waals surface area contributed by atoms with E-state index in [1.807, 2.05) is 42.5 Å². The normalized spacial score (nSPS) is 11.2. The van der Waals surface area contributed by atoms with Gasteiger partial charge in [0.25, 0.3) is 5.56 Å². The largest absolute Gasteiger partial charge is 0.325 e. The zero-order valence-electron chi connectivity index (χ0n) is 17.1. The average molecular weight is 410 g/mol. The second-order valence-corrected chi connectivity index (χ2v) is 8.24. The fourth-order valence-corrected chi connectivity index (χ4v) is 4.03. The van der Waals surface area contributed by atoms with Crippen molar-refractivity contribution in [1.29, 1.82) is 0 Å². The van der Waals surface area contributed by atoms with Crippen LogP contribution >= 0.6 is 11.8 Å². The van der Waals surface area contributed by atoms with Crippen LogP contribution < -0.4 is 10.9 Å². The van der Waals surface area contributed by atoms with Crippen LogP contribution in [0.5, 0.6) is 0 Å². The summed E-state index contributed by atoms with van der Waals surface area (Å²) in [7, 11) is 0. The summed E-state index contributed by atoms with van der Waals surface area (Å²) < 4.78 is 1.70. The Balaban J connectivity index is 1.81. The van der Waals surface area contributed by atoms with Crippen LogP contribution in [0.3, 0.4) is 0 Å². The predicted molar refractivity (Wildman–Crippen MR) is 121 cm³/mol. The standard InChI is InChI=1S/C23H27N3O2S/c1-4-5-14-26-22(28)18-11-7-9-13-20(18)25-23(26)29-15-21(27)24-19-12-8-6-10-17(19)16(2)3/h6-13,16H,4-5,14-15H2,1-3H3,(H,24,27). The first-order valence-corrected chi connectivity index (χ1v) is 11.0. The number of amides is 1. The number of benzene rings is 2. The third-order valence-electron chi connectivity index (χ3n) is 4.75. The van der Waals surface area contributed by atoms with E-state index in [9.17, 15) is 9.59 Å². The fraction of sp³-hybridized carbons (Fsp3) is 0.348. The van der Waals surface area contributed by atoms with Crippen LogP contribution in [0.25, 0.3) is 10.9 Å². The maximum Gasteiger partial charge on any atom is 0.262 e. The van der Waals surface area contributed by atoms with Gasteiger partial charge in [0.05, 0.1) is 16.7 Å². The van der Waals surface area contributed by atoms with Gasteiger partial charge in [0.1, 0.15) is 0 Å². The quantitative estimate of drug-likeness (QED) is 0.418. The molecule has 1 amide bonds. The molecule has 0 aliphatic heterocycles. The molecule has 1 N–H and O–H groups in total. The first-order chi connectivity index (χ1) is 14.0. The van der Waals surface area contributed by atoms with Crippen molar-refractivity contribution in [3.63, 3.8) is 0 Å². The Morgan fingerprint density at radius 1 is 1.14 bits per heavy atom. The first kappa shape index (κ1) is 21.1. The van der Waals surface area contributed by atoms with Crippen molar-refractivity contribution in [1.82, 2.24) is 9.55 Å². The summed E-state index contributed by atoms with van der Waals surface area (Å²) in [6.07, 6.45) is 1.87. The maximum absolute atomic E-state index is 12.9. The van der Waals surface area contributed by atoms with E-state index in [4.69, 9.17) is 0 Å². The Morgan fingerprint density at radius 2 is 1.86 bits per heavy atom. The number of nitrogens with one attached hydrogen (secondary N) is 1. The van der Waals surface area contributed by atoms with Crippen LogP contribution in [0.15, 0.2) is 58.5 Å². The van der Waals surface area contributed by atoms with Gasteiger partial charge in [-0.25, -0.2) is 4.98 Å². The number of para-hydroxylation sites is 2. The number of hydrogen-bond donors (Lipinski definition) is 1. The van der Waals surface area contributed by atoms with Crippen LogP contribution in [-0.4, -0.2) is 21.2 Å². The number of anilines is 1. The lowest BCUT2D eigenvalue weighted by molar-refractivity contribution is -0.113. The predicted octanol–water partition coefficient (Wildman–Crippen LogP) is 5.05. The number of carbonyl (C=O) groups excluding carboxylic acids is 1. The lowest BCUT2D eigenvalue weighted by atomic mass is 10.0. The monoisotopic (exact) mass is 409 g/mol. The highest BCUT2D eigenvalue weighted by atomic mass is 32.2. The summed E-state index contributed by atoms with van der Waals surface area (Å²) in [6.45, 7) is 6.90. The van der Waals surface area contributed by atoms with Gasteiger partial charge in [-0.15, -0.1) is 0 Å². The summed E-state index contributed by atoms with van der Waals surface area (Å²) in [4.78, 5) is 30.2. The van der Waals surface area contributed by atoms with Crippen molar-refractivity contribution < 1.29 is 4.79 Å². The molecule has 0 saturated carbocycles. The van der Waals surface area contributed by atoms with Gasteiger partial charge >= 0.3 is 0 Å². The van der Waals surface area contributed by atoms with Crippen LogP contribution in [0, 0.1) is 0 Å². The molecule has 2 aromatic carbocycles. The number of nitrogens with zero attached hydrogens (tertiary/aromatic N) is 2. The Hall–Kier alpha value is -2.60. The highest BCUT2D eigenvalue weighted by Crippen LogP contribution is 2.24. The Labute approximate surface area is 175 Å². The van der Waals surface area contributed by atoms with E-state index in [1.165, 1.54) is 11.8 Å². The molecule has 152 valence electrons. The topological polar surface area (TPSA) is 64.0 Å². The molecule has 5 nitrogen and oxygen atoms in total.